The van der Waals surface area contributed by atoms with Crippen molar-refractivity contribution in [3.8, 4) is 12.1 Å². The number of aryl methyl sites for hydroxylation is 2. The van der Waals surface area contributed by atoms with Gasteiger partial charge in [-0.3, -0.25) is 0 Å². The Labute approximate surface area is 166 Å². The van der Waals surface area contributed by atoms with Gasteiger partial charge in [0.2, 0.25) is 5.95 Å². The standard InChI is InChI=1S/C22H18N6/c1-15-12-18(4-3-10-23)13-16(2)21(15)27-20-9-11-25-22(28-20)26-19-7-5-17(14-24)6-8-19/h3-9,11-13H,1-2H3,(H2,25,26,27,28)/b4-3+/i1D2. The second-order valence-electron chi connectivity index (χ2n) is 5.97. The van der Waals surface area contributed by atoms with Crippen LogP contribution < -0.4 is 10.6 Å². The monoisotopic (exact) mass is 368 g/mol. The normalized spacial score (nSPS) is 11.4. The van der Waals surface area contributed by atoms with E-state index < -0.39 is 6.88 Å². The molecule has 3 aromatic rings. The summed E-state index contributed by atoms with van der Waals surface area (Å²) in [4.78, 5) is 8.65. The van der Waals surface area contributed by atoms with Crippen LogP contribution in [0.1, 0.15) is 25.0 Å². The molecule has 136 valence electrons. The van der Waals surface area contributed by atoms with E-state index in [2.05, 4.69) is 26.7 Å². The van der Waals surface area contributed by atoms with Crippen molar-refractivity contribution in [1.82, 2.24) is 9.97 Å². The molecule has 0 spiro atoms. The summed E-state index contributed by atoms with van der Waals surface area (Å²) in [6.45, 7) is 0.661. The number of allylic oxidation sites excluding steroid dienone is 1. The highest BCUT2D eigenvalue weighted by atomic mass is 15.1. The number of nitrogens with one attached hydrogen (secondary N) is 2. The molecule has 3 rings (SSSR count). The molecule has 0 unspecified atom stereocenters. The zero-order valence-electron chi connectivity index (χ0n) is 17.1. The smallest absolute Gasteiger partial charge is 0.229 e. The van der Waals surface area contributed by atoms with Crippen LogP contribution in [0, 0.1) is 36.5 Å². The Morgan fingerprint density at radius 1 is 1.07 bits per heavy atom. The first-order chi connectivity index (χ1) is 14.5. The summed E-state index contributed by atoms with van der Waals surface area (Å²) < 4.78 is 15.8. The molecule has 6 nitrogen and oxygen atoms in total. The third-order valence-electron chi connectivity index (χ3n) is 3.92. The number of hydrogen-bond acceptors (Lipinski definition) is 6. The minimum absolute atomic E-state index is 0.366. The fourth-order valence-corrected chi connectivity index (χ4v) is 2.62. The molecular formula is C22H18N6. The van der Waals surface area contributed by atoms with Crippen LogP contribution in [0.25, 0.3) is 6.08 Å². The molecule has 0 fully saturated rings. The summed E-state index contributed by atoms with van der Waals surface area (Å²) in [5.74, 6) is 0.872. The molecule has 2 aromatic carbocycles. The maximum absolute atomic E-state index is 8.89. The van der Waals surface area contributed by atoms with Crippen molar-refractivity contribution in [2.75, 3.05) is 10.6 Å². The van der Waals surface area contributed by atoms with E-state index in [1.54, 1.807) is 48.7 Å². The van der Waals surface area contributed by atoms with Gasteiger partial charge in [0.05, 0.1) is 17.7 Å². The first-order valence-electron chi connectivity index (χ1n) is 9.58. The van der Waals surface area contributed by atoms with E-state index in [9.17, 15) is 0 Å². The minimum atomic E-state index is -1.21. The van der Waals surface area contributed by atoms with Crippen LogP contribution in [0.4, 0.5) is 23.1 Å². The third kappa shape index (κ3) is 4.51. The molecule has 1 aromatic heterocycles. The van der Waals surface area contributed by atoms with Crippen molar-refractivity contribution in [2.24, 2.45) is 0 Å². The lowest BCUT2D eigenvalue weighted by atomic mass is 10.0. The topological polar surface area (TPSA) is 97.4 Å². The van der Waals surface area contributed by atoms with Crippen LogP contribution in [-0.2, 0) is 0 Å². The zero-order chi connectivity index (χ0) is 21.5. The number of benzene rings is 2. The van der Waals surface area contributed by atoms with Gasteiger partial charge < -0.3 is 10.6 Å². The summed E-state index contributed by atoms with van der Waals surface area (Å²) in [5, 5.41) is 23.9. The molecule has 1 heterocycles. The minimum Gasteiger partial charge on any atom is -0.340 e. The molecular weight excluding hydrogens is 348 g/mol. The molecule has 2 N–H and O–H groups in total. The molecule has 0 aliphatic heterocycles. The number of nitriles is 2. The van der Waals surface area contributed by atoms with Gasteiger partial charge in [0.25, 0.3) is 0 Å². The molecule has 0 amide bonds. The quantitative estimate of drug-likeness (QED) is 0.616. The van der Waals surface area contributed by atoms with Gasteiger partial charge in [-0.25, -0.2) is 4.98 Å². The molecule has 0 bridgehead atoms. The van der Waals surface area contributed by atoms with E-state index >= 15 is 0 Å². The van der Waals surface area contributed by atoms with E-state index in [1.165, 1.54) is 6.08 Å². The molecule has 0 radical (unpaired) electrons. The van der Waals surface area contributed by atoms with Crippen LogP contribution in [0.2, 0.25) is 0 Å². The maximum Gasteiger partial charge on any atom is 0.229 e. The number of rotatable bonds is 5. The lowest BCUT2D eigenvalue weighted by Crippen LogP contribution is -2.02. The van der Waals surface area contributed by atoms with Gasteiger partial charge in [0, 0.05) is 26.4 Å². The predicted molar refractivity (Wildman–Crippen MR) is 110 cm³/mol. The first kappa shape index (κ1) is 16.0. The summed E-state index contributed by atoms with van der Waals surface area (Å²) in [5.41, 5.74) is 4.00. The van der Waals surface area contributed by atoms with Crippen LogP contribution >= 0.6 is 0 Å². The average Bonchev–Trinajstić information content (AvgIpc) is 2.74. The van der Waals surface area contributed by atoms with Gasteiger partial charge in [0.15, 0.2) is 0 Å². The number of aromatic nitrogens is 2. The summed E-state index contributed by atoms with van der Waals surface area (Å²) in [6.07, 6.45) is 4.60. The Balaban J connectivity index is 1.87. The lowest BCUT2D eigenvalue weighted by molar-refractivity contribution is 1.16. The Morgan fingerprint density at radius 2 is 1.86 bits per heavy atom. The summed E-state index contributed by atoms with van der Waals surface area (Å²) in [6, 6.07) is 16.2. The van der Waals surface area contributed by atoms with Crippen LogP contribution in [0.15, 0.2) is 54.7 Å². The van der Waals surface area contributed by atoms with Crippen molar-refractivity contribution < 1.29 is 2.74 Å². The summed E-state index contributed by atoms with van der Waals surface area (Å²) >= 11 is 0. The Morgan fingerprint density at radius 3 is 2.57 bits per heavy atom. The van der Waals surface area contributed by atoms with Crippen molar-refractivity contribution in [3.05, 3.63) is 77.0 Å². The van der Waals surface area contributed by atoms with Crippen LogP contribution in [-0.4, -0.2) is 9.97 Å². The highest BCUT2D eigenvalue weighted by molar-refractivity contribution is 5.69. The lowest BCUT2D eigenvalue weighted by Gasteiger charge is -2.14. The second-order valence-corrected chi connectivity index (χ2v) is 5.97. The van der Waals surface area contributed by atoms with Gasteiger partial charge in [0.1, 0.15) is 5.82 Å². The first-order valence-corrected chi connectivity index (χ1v) is 8.42. The second kappa shape index (κ2) is 8.48. The number of hydrogen-bond donors (Lipinski definition) is 2. The van der Waals surface area contributed by atoms with E-state index in [1.807, 2.05) is 19.1 Å². The zero-order valence-corrected chi connectivity index (χ0v) is 15.1. The van der Waals surface area contributed by atoms with Crippen molar-refractivity contribution in [2.45, 2.75) is 13.8 Å². The Hall–Kier alpha value is -4.16. The van der Waals surface area contributed by atoms with E-state index in [-0.39, 0.29) is 0 Å². The van der Waals surface area contributed by atoms with Crippen molar-refractivity contribution in [1.29, 1.82) is 10.5 Å². The number of nitrogens with zero attached hydrogens (tertiary/aromatic N) is 4. The SMILES string of the molecule is [2H]C([2H])c1cc(/C=C/C#N)cc(C)c1Nc1ccnc(Nc2ccc(C#N)cc2)n1. The van der Waals surface area contributed by atoms with E-state index in [0.717, 1.165) is 16.8 Å². The number of anilines is 4. The van der Waals surface area contributed by atoms with Gasteiger partial charge in [-0.1, -0.05) is 0 Å². The molecule has 0 aliphatic rings. The van der Waals surface area contributed by atoms with Crippen LogP contribution in [0.3, 0.4) is 0 Å². The Bertz CT molecular complexity index is 1160. The van der Waals surface area contributed by atoms with Gasteiger partial charge in [-0.15, -0.1) is 0 Å². The maximum atomic E-state index is 8.89. The van der Waals surface area contributed by atoms with Crippen LogP contribution in [0.5, 0.6) is 0 Å². The molecule has 0 saturated carbocycles. The van der Waals surface area contributed by atoms with E-state index in [0.29, 0.717) is 28.6 Å². The van der Waals surface area contributed by atoms with Gasteiger partial charge >= 0.3 is 0 Å². The predicted octanol–water partition coefficient (Wildman–Crippen LogP) is 4.99. The molecule has 0 atom stereocenters. The third-order valence-corrected chi connectivity index (χ3v) is 3.92. The summed E-state index contributed by atoms with van der Waals surface area (Å²) in [7, 11) is 0. The van der Waals surface area contributed by atoms with Crippen molar-refractivity contribution in [3.63, 3.8) is 0 Å². The van der Waals surface area contributed by atoms with Crippen molar-refractivity contribution >= 4 is 29.2 Å². The highest BCUT2D eigenvalue weighted by Crippen LogP contribution is 2.26. The Kier molecular flexibility index (Phi) is 4.86. The van der Waals surface area contributed by atoms with Gasteiger partial charge in [-0.05, 0) is 79.0 Å². The average molecular weight is 368 g/mol. The van der Waals surface area contributed by atoms with Gasteiger partial charge in [-0.2, -0.15) is 15.5 Å². The highest BCUT2D eigenvalue weighted by Gasteiger charge is 2.07. The molecule has 0 aliphatic carbocycles. The fourth-order valence-electron chi connectivity index (χ4n) is 2.62. The van der Waals surface area contributed by atoms with E-state index in [4.69, 9.17) is 13.3 Å². The molecule has 6 heteroatoms. The molecule has 28 heavy (non-hydrogen) atoms. The fraction of sp³-hybridized carbons (Fsp3) is 0.0909. The molecule has 0 saturated heterocycles. The largest absolute Gasteiger partial charge is 0.340 e.